The summed E-state index contributed by atoms with van der Waals surface area (Å²) >= 11 is 2.16. The largest absolute Gasteiger partial charge is 0.395 e. The molecule has 0 amide bonds. The molecule has 0 radical (unpaired) electrons. The first-order chi connectivity index (χ1) is 8.20. The van der Waals surface area contributed by atoms with Crippen LogP contribution in [0.1, 0.15) is 0 Å². The quantitative estimate of drug-likeness (QED) is 0.600. The fraction of sp³-hybridized carbons (Fsp3) is 0.545. The molecule has 2 N–H and O–H groups in total. The van der Waals surface area contributed by atoms with Crippen LogP contribution in [0, 0.1) is 3.70 Å². The Balaban J connectivity index is 2.01. The van der Waals surface area contributed by atoms with Crippen molar-refractivity contribution in [1.29, 1.82) is 0 Å². The van der Waals surface area contributed by atoms with Gasteiger partial charge in [0.1, 0.15) is 9.93 Å². The minimum absolute atomic E-state index is 0.137. The average molecular weight is 349 g/mol. The summed E-state index contributed by atoms with van der Waals surface area (Å²) in [5.74, 6) is 0. The number of halogens is 1. The van der Waals surface area contributed by atoms with Crippen LogP contribution in [-0.2, 0) is 0 Å². The molecule has 0 aromatic carbocycles. The van der Waals surface area contributed by atoms with Gasteiger partial charge in [-0.3, -0.25) is 4.90 Å². The van der Waals surface area contributed by atoms with Crippen molar-refractivity contribution in [3.05, 3.63) is 22.0 Å². The van der Waals surface area contributed by atoms with Crippen LogP contribution in [0.3, 0.4) is 0 Å². The van der Waals surface area contributed by atoms with Crippen molar-refractivity contribution < 1.29 is 10.2 Å². The number of piperazine rings is 1. The zero-order valence-electron chi connectivity index (χ0n) is 9.46. The standard InChI is InChI=1S/C11H16IN3O2/c12-10-2-1-9(7-13-10)15-4-3-14(5-6-16)8-11(15)17/h1-2,7,11,16-17H,3-6,8H2. The van der Waals surface area contributed by atoms with Gasteiger partial charge in [-0.05, 0) is 34.7 Å². The van der Waals surface area contributed by atoms with E-state index in [-0.39, 0.29) is 6.61 Å². The van der Waals surface area contributed by atoms with Gasteiger partial charge >= 0.3 is 0 Å². The van der Waals surface area contributed by atoms with Gasteiger partial charge in [-0.15, -0.1) is 0 Å². The summed E-state index contributed by atoms with van der Waals surface area (Å²) in [5.41, 5.74) is 0.946. The number of anilines is 1. The van der Waals surface area contributed by atoms with E-state index in [2.05, 4.69) is 32.5 Å². The molecule has 1 aromatic rings. The summed E-state index contributed by atoms with van der Waals surface area (Å²) in [5, 5.41) is 18.9. The number of aromatic nitrogens is 1. The Kier molecular flexibility index (Phi) is 4.55. The highest BCUT2D eigenvalue weighted by molar-refractivity contribution is 14.1. The predicted molar refractivity (Wildman–Crippen MR) is 73.8 cm³/mol. The molecule has 5 nitrogen and oxygen atoms in total. The number of rotatable bonds is 3. The van der Waals surface area contributed by atoms with E-state index < -0.39 is 6.23 Å². The summed E-state index contributed by atoms with van der Waals surface area (Å²) in [4.78, 5) is 8.22. The fourth-order valence-corrected chi connectivity index (χ4v) is 2.32. The zero-order valence-corrected chi connectivity index (χ0v) is 11.6. The normalized spacial score (nSPS) is 21.8. The molecule has 0 saturated carbocycles. The molecule has 1 fully saturated rings. The second-order valence-corrected chi connectivity index (χ2v) is 5.14. The maximum Gasteiger partial charge on any atom is 0.139 e. The Morgan fingerprint density at radius 2 is 2.24 bits per heavy atom. The van der Waals surface area contributed by atoms with E-state index in [1.807, 2.05) is 17.0 Å². The SMILES string of the molecule is OCCN1CCN(c2ccc(I)nc2)C(O)C1. The van der Waals surface area contributed by atoms with E-state index in [0.29, 0.717) is 13.1 Å². The number of β-amino-alcohol motifs (C(OH)–C–C–N with tert-alkyl or cyclic N) is 2. The van der Waals surface area contributed by atoms with Crippen molar-refractivity contribution in [2.75, 3.05) is 37.7 Å². The molecule has 1 aliphatic rings. The first-order valence-corrected chi connectivity index (χ1v) is 6.68. The smallest absolute Gasteiger partial charge is 0.139 e. The lowest BCUT2D eigenvalue weighted by Gasteiger charge is -2.39. The summed E-state index contributed by atoms with van der Waals surface area (Å²) in [7, 11) is 0. The minimum Gasteiger partial charge on any atom is -0.395 e. The van der Waals surface area contributed by atoms with Gasteiger partial charge in [-0.2, -0.15) is 0 Å². The third-order valence-electron chi connectivity index (χ3n) is 2.90. The molecule has 2 rings (SSSR count). The van der Waals surface area contributed by atoms with E-state index in [1.54, 1.807) is 6.20 Å². The number of hydrogen-bond donors (Lipinski definition) is 2. The Morgan fingerprint density at radius 1 is 1.41 bits per heavy atom. The van der Waals surface area contributed by atoms with Gasteiger partial charge in [0, 0.05) is 26.2 Å². The van der Waals surface area contributed by atoms with E-state index >= 15 is 0 Å². The molecular formula is C11H16IN3O2. The van der Waals surface area contributed by atoms with Crippen molar-refractivity contribution in [1.82, 2.24) is 9.88 Å². The van der Waals surface area contributed by atoms with Crippen LogP contribution in [0.4, 0.5) is 5.69 Å². The topological polar surface area (TPSA) is 59.8 Å². The van der Waals surface area contributed by atoms with Gasteiger partial charge in [-0.25, -0.2) is 4.98 Å². The lowest BCUT2D eigenvalue weighted by Crippen LogP contribution is -2.53. The van der Waals surface area contributed by atoms with Crippen LogP contribution in [0.25, 0.3) is 0 Å². The van der Waals surface area contributed by atoms with Crippen molar-refractivity contribution in [2.24, 2.45) is 0 Å². The molecule has 6 heteroatoms. The predicted octanol–water partition coefficient (Wildman–Crippen LogP) is 0.119. The van der Waals surface area contributed by atoms with Gasteiger partial charge in [0.2, 0.25) is 0 Å². The zero-order chi connectivity index (χ0) is 12.3. The molecule has 1 atom stereocenters. The first-order valence-electron chi connectivity index (χ1n) is 5.60. The van der Waals surface area contributed by atoms with E-state index in [1.165, 1.54) is 0 Å². The fourth-order valence-electron chi connectivity index (χ4n) is 2.00. The van der Waals surface area contributed by atoms with Crippen LogP contribution in [0.15, 0.2) is 18.3 Å². The Hall–Kier alpha value is -0.440. The molecule has 1 aromatic heterocycles. The second kappa shape index (κ2) is 5.94. The molecule has 17 heavy (non-hydrogen) atoms. The number of hydrogen-bond acceptors (Lipinski definition) is 5. The number of pyridine rings is 1. The first kappa shape index (κ1) is 13.0. The molecule has 2 heterocycles. The Morgan fingerprint density at radius 3 is 2.82 bits per heavy atom. The third kappa shape index (κ3) is 3.27. The lowest BCUT2D eigenvalue weighted by atomic mass is 10.2. The van der Waals surface area contributed by atoms with Crippen LogP contribution >= 0.6 is 22.6 Å². The maximum absolute atomic E-state index is 10.1. The van der Waals surface area contributed by atoms with Crippen LogP contribution in [0.2, 0.25) is 0 Å². The molecule has 1 unspecified atom stereocenters. The van der Waals surface area contributed by atoms with Crippen LogP contribution in [0.5, 0.6) is 0 Å². The Labute approximate surface area is 114 Å². The average Bonchev–Trinajstić information content (AvgIpc) is 2.31. The summed E-state index contributed by atoms with van der Waals surface area (Å²) in [6.07, 6.45) is 1.25. The Bertz CT molecular complexity index is 360. The number of aliphatic hydroxyl groups excluding tert-OH is 2. The molecule has 1 saturated heterocycles. The van der Waals surface area contributed by atoms with E-state index in [0.717, 1.165) is 22.5 Å². The third-order valence-corrected chi connectivity index (χ3v) is 3.54. The molecule has 0 aliphatic carbocycles. The van der Waals surface area contributed by atoms with Crippen molar-refractivity contribution in [3.63, 3.8) is 0 Å². The maximum atomic E-state index is 10.1. The molecule has 1 aliphatic heterocycles. The molecule has 0 bridgehead atoms. The molecule has 94 valence electrons. The highest BCUT2D eigenvalue weighted by Crippen LogP contribution is 2.19. The van der Waals surface area contributed by atoms with Crippen molar-refractivity contribution in [3.8, 4) is 0 Å². The van der Waals surface area contributed by atoms with Crippen molar-refractivity contribution >= 4 is 28.3 Å². The minimum atomic E-state index is -0.530. The number of nitrogens with zero attached hydrogens (tertiary/aromatic N) is 3. The van der Waals surface area contributed by atoms with Crippen LogP contribution in [-0.4, -0.2) is 59.1 Å². The van der Waals surface area contributed by atoms with E-state index in [9.17, 15) is 5.11 Å². The molecular weight excluding hydrogens is 333 g/mol. The van der Waals surface area contributed by atoms with E-state index in [4.69, 9.17) is 5.11 Å². The second-order valence-electron chi connectivity index (χ2n) is 4.04. The van der Waals surface area contributed by atoms with Gasteiger partial charge < -0.3 is 15.1 Å². The van der Waals surface area contributed by atoms with Gasteiger partial charge in [0.15, 0.2) is 0 Å². The van der Waals surface area contributed by atoms with Gasteiger partial charge in [-0.1, -0.05) is 0 Å². The monoisotopic (exact) mass is 349 g/mol. The number of aliphatic hydroxyl groups is 2. The summed E-state index contributed by atoms with van der Waals surface area (Å²) in [6.45, 7) is 2.92. The summed E-state index contributed by atoms with van der Waals surface area (Å²) < 4.78 is 0.944. The highest BCUT2D eigenvalue weighted by atomic mass is 127. The van der Waals surface area contributed by atoms with Crippen molar-refractivity contribution in [2.45, 2.75) is 6.23 Å². The van der Waals surface area contributed by atoms with Gasteiger partial charge in [0.25, 0.3) is 0 Å². The molecule has 0 spiro atoms. The van der Waals surface area contributed by atoms with Crippen LogP contribution < -0.4 is 4.90 Å². The summed E-state index contributed by atoms with van der Waals surface area (Å²) in [6, 6.07) is 3.91. The lowest BCUT2D eigenvalue weighted by molar-refractivity contribution is 0.0715. The highest BCUT2D eigenvalue weighted by Gasteiger charge is 2.24. The van der Waals surface area contributed by atoms with Gasteiger partial charge in [0.05, 0.1) is 18.5 Å².